The third-order valence-electron chi connectivity index (χ3n) is 3.15. The maximum atomic E-state index is 13.4. The van der Waals surface area contributed by atoms with Crippen LogP contribution in [-0.4, -0.2) is 26.8 Å². The highest BCUT2D eigenvalue weighted by Gasteiger charge is 2.26. The summed E-state index contributed by atoms with van der Waals surface area (Å²) in [6, 6.07) is 2.26. The summed E-state index contributed by atoms with van der Waals surface area (Å²) in [6.07, 6.45) is 1.56. The van der Waals surface area contributed by atoms with Crippen LogP contribution in [0.4, 0.5) is 17.3 Å². The molecule has 0 aliphatic carbocycles. The van der Waals surface area contributed by atoms with E-state index in [1.165, 1.54) is 0 Å². The molecule has 2 rings (SSSR count). The zero-order valence-corrected chi connectivity index (χ0v) is 10.3. The molecule has 7 heteroatoms. The van der Waals surface area contributed by atoms with Crippen molar-refractivity contribution in [1.82, 2.24) is 0 Å². The van der Waals surface area contributed by atoms with Crippen molar-refractivity contribution in [2.75, 3.05) is 19.8 Å². The van der Waals surface area contributed by atoms with Crippen molar-refractivity contribution in [3.8, 4) is 5.75 Å². The van der Waals surface area contributed by atoms with E-state index in [4.69, 9.17) is 9.47 Å². The van der Waals surface area contributed by atoms with Crippen LogP contribution in [0.25, 0.3) is 0 Å². The second-order valence-corrected chi connectivity index (χ2v) is 4.63. The minimum atomic E-state index is -5.14. The molecule has 19 heavy (non-hydrogen) atoms. The van der Waals surface area contributed by atoms with Crippen LogP contribution in [0.3, 0.4) is 0 Å². The predicted octanol–water partition coefficient (Wildman–Crippen LogP) is 2.69. The van der Waals surface area contributed by atoms with Gasteiger partial charge >= 0.3 is 6.98 Å². The molecule has 0 spiro atoms. The zero-order chi connectivity index (χ0) is 13.9. The third-order valence-corrected chi connectivity index (χ3v) is 3.15. The predicted molar refractivity (Wildman–Crippen MR) is 64.2 cm³/mol. The highest BCUT2D eigenvalue weighted by atomic mass is 19.4. The summed E-state index contributed by atoms with van der Waals surface area (Å²) >= 11 is 0. The molecule has 106 valence electrons. The normalized spacial score (nSPS) is 17.5. The molecule has 0 atom stereocenters. The van der Waals surface area contributed by atoms with Gasteiger partial charge in [0, 0.05) is 13.2 Å². The summed E-state index contributed by atoms with van der Waals surface area (Å²) in [5, 5.41) is 0. The maximum Gasteiger partial charge on any atom is 0.509 e. The average Bonchev–Trinajstić information content (AvgIpc) is 2.37. The van der Waals surface area contributed by atoms with Crippen LogP contribution < -0.4 is 10.2 Å². The molecule has 1 aliphatic heterocycles. The maximum absolute atomic E-state index is 13.4. The summed E-state index contributed by atoms with van der Waals surface area (Å²) in [5.74, 6) is -0.896. The lowest BCUT2D eigenvalue weighted by molar-refractivity contribution is 0.0492. The van der Waals surface area contributed by atoms with E-state index in [9.17, 15) is 17.3 Å². The molecule has 0 N–H and O–H groups in total. The fourth-order valence-corrected chi connectivity index (χ4v) is 1.95. The first-order chi connectivity index (χ1) is 8.97. The van der Waals surface area contributed by atoms with Crippen LogP contribution in [0.15, 0.2) is 18.2 Å². The standard InChI is InChI=1S/C12H14BF4O2/c14-11-2-1-10(13(15,16)17)7-12(11)19-8-9-3-5-18-6-4-9/h1-2,7,9H,3-6,8H2/q-1. The fraction of sp³-hybridized carbons (Fsp3) is 0.500. The van der Waals surface area contributed by atoms with Crippen LogP contribution in [0.2, 0.25) is 0 Å². The van der Waals surface area contributed by atoms with E-state index in [-0.39, 0.29) is 18.3 Å². The number of rotatable bonds is 4. The Balaban J connectivity index is 2.02. The van der Waals surface area contributed by atoms with Gasteiger partial charge < -0.3 is 22.4 Å². The highest BCUT2D eigenvalue weighted by Crippen LogP contribution is 2.21. The van der Waals surface area contributed by atoms with Crippen molar-refractivity contribution in [2.24, 2.45) is 5.92 Å². The number of hydrogen-bond acceptors (Lipinski definition) is 2. The molecule has 0 amide bonds. The molecule has 1 saturated heterocycles. The lowest BCUT2D eigenvalue weighted by atomic mass is 9.80. The van der Waals surface area contributed by atoms with E-state index >= 15 is 0 Å². The van der Waals surface area contributed by atoms with Gasteiger partial charge in [-0.1, -0.05) is 6.07 Å². The van der Waals surface area contributed by atoms with E-state index in [0.29, 0.717) is 13.2 Å². The molecule has 1 aliphatic rings. The van der Waals surface area contributed by atoms with Gasteiger partial charge in [0.05, 0.1) is 6.61 Å². The lowest BCUT2D eigenvalue weighted by Crippen LogP contribution is -2.34. The molecule has 1 fully saturated rings. The number of hydrogen-bond donors (Lipinski definition) is 0. The Morgan fingerprint density at radius 1 is 1.21 bits per heavy atom. The lowest BCUT2D eigenvalue weighted by Gasteiger charge is -2.23. The second kappa shape index (κ2) is 5.82. The van der Waals surface area contributed by atoms with Crippen LogP contribution >= 0.6 is 0 Å². The molecule has 1 heterocycles. The van der Waals surface area contributed by atoms with E-state index in [1.54, 1.807) is 0 Å². The third kappa shape index (κ3) is 3.86. The van der Waals surface area contributed by atoms with Gasteiger partial charge in [0.15, 0.2) is 11.6 Å². The average molecular weight is 277 g/mol. The molecular formula is C12H14BF4O2-. The van der Waals surface area contributed by atoms with Gasteiger partial charge in [-0.25, -0.2) is 4.39 Å². The number of benzene rings is 1. The summed E-state index contributed by atoms with van der Waals surface area (Å²) in [6.45, 7) is -3.69. The Morgan fingerprint density at radius 2 is 1.89 bits per heavy atom. The molecule has 0 bridgehead atoms. The summed E-state index contributed by atoms with van der Waals surface area (Å²) in [7, 11) is 0. The Hall–Kier alpha value is -1.24. The van der Waals surface area contributed by atoms with Crippen molar-refractivity contribution in [1.29, 1.82) is 0 Å². The molecule has 0 unspecified atom stereocenters. The quantitative estimate of drug-likeness (QED) is 0.622. The number of halogens is 4. The van der Waals surface area contributed by atoms with Gasteiger partial charge in [0.25, 0.3) is 0 Å². The summed E-state index contributed by atoms with van der Waals surface area (Å²) < 4.78 is 61.4. The number of ether oxygens (including phenoxy) is 2. The second-order valence-electron chi connectivity index (χ2n) is 4.63. The molecule has 0 saturated carbocycles. The van der Waals surface area contributed by atoms with Crippen molar-refractivity contribution < 1.29 is 26.8 Å². The SMILES string of the molecule is Fc1ccc([B-](F)(F)F)cc1OCC1CCOCC1. The van der Waals surface area contributed by atoms with Gasteiger partial charge in [-0.2, -0.15) is 0 Å². The fourth-order valence-electron chi connectivity index (χ4n) is 1.95. The minimum Gasteiger partial charge on any atom is -0.490 e. The Labute approximate surface area is 108 Å². The Kier molecular flexibility index (Phi) is 4.34. The molecule has 1 aromatic rings. The molecule has 0 radical (unpaired) electrons. The van der Waals surface area contributed by atoms with Crippen LogP contribution in [-0.2, 0) is 4.74 Å². The molecule has 1 aromatic carbocycles. The molecular weight excluding hydrogens is 263 g/mol. The van der Waals surface area contributed by atoms with E-state index in [1.807, 2.05) is 0 Å². The van der Waals surface area contributed by atoms with Crippen molar-refractivity contribution in [3.63, 3.8) is 0 Å². The summed E-state index contributed by atoms with van der Waals surface area (Å²) in [5.41, 5.74) is -0.844. The molecule has 2 nitrogen and oxygen atoms in total. The first-order valence-corrected chi connectivity index (χ1v) is 6.17. The smallest absolute Gasteiger partial charge is 0.490 e. The minimum absolute atomic E-state index is 0.202. The first kappa shape index (κ1) is 14.2. The topological polar surface area (TPSA) is 18.5 Å². The van der Waals surface area contributed by atoms with Crippen LogP contribution in [0.5, 0.6) is 5.75 Å². The van der Waals surface area contributed by atoms with Crippen LogP contribution in [0, 0.1) is 11.7 Å². The van der Waals surface area contributed by atoms with Gasteiger partial charge in [-0.15, -0.1) is 5.46 Å². The van der Waals surface area contributed by atoms with Gasteiger partial charge in [-0.05, 0) is 30.9 Å². The largest absolute Gasteiger partial charge is 0.509 e. The monoisotopic (exact) mass is 277 g/mol. The highest BCUT2D eigenvalue weighted by molar-refractivity contribution is 6.73. The van der Waals surface area contributed by atoms with Gasteiger partial charge in [0.2, 0.25) is 0 Å². The van der Waals surface area contributed by atoms with E-state index < -0.39 is 18.3 Å². The van der Waals surface area contributed by atoms with Crippen molar-refractivity contribution >= 4 is 12.4 Å². The van der Waals surface area contributed by atoms with E-state index in [0.717, 1.165) is 31.0 Å². The summed E-state index contributed by atoms with van der Waals surface area (Å²) in [4.78, 5) is 0. The van der Waals surface area contributed by atoms with Crippen molar-refractivity contribution in [2.45, 2.75) is 12.8 Å². The molecule has 0 aromatic heterocycles. The van der Waals surface area contributed by atoms with Crippen LogP contribution in [0.1, 0.15) is 12.8 Å². The van der Waals surface area contributed by atoms with Gasteiger partial charge in [0.1, 0.15) is 0 Å². The van der Waals surface area contributed by atoms with E-state index in [2.05, 4.69) is 0 Å². The zero-order valence-electron chi connectivity index (χ0n) is 10.3. The Morgan fingerprint density at radius 3 is 2.53 bits per heavy atom. The van der Waals surface area contributed by atoms with Gasteiger partial charge in [-0.3, -0.25) is 0 Å². The first-order valence-electron chi connectivity index (χ1n) is 6.17. The van der Waals surface area contributed by atoms with Crippen molar-refractivity contribution in [3.05, 3.63) is 24.0 Å². The Bertz CT molecular complexity index is 430.